The van der Waals surface area contributed by atoms with Crippen molar-refractivity contribution >= 4 is 45.4 Å². The first-order valence-corrected chi connectivity index (χ1v) is 17.1. The van der Waals surface area contributed by atoms with E-state index in [1.807, 2.05) is 36.4 Å². The van der Waals surface area contributed by atoms with Gasteiger partial charge in [0.05, 0.1) is 11.1 Å². The predicted molar refractivity (Wildman–Crippen MR) is 214 cm³/mol. The summed E-state index contributed by atoms with van der Waals surface area (Å²) in [5.74, 6) is 0.538. The summed E-state index contributed by atoms with van der Waals surface area (Å²) in [6.45, 7) is 8.15. The summed E-state index contributed by atoms with van der Waals surface area (Å²) < 4.78 is 6.09. The zero-order valence-corrected chi connectivity index (χ0v) is 28.2. The number of benzene rings is 6. The normalized spacial score (nSPS) is 13.9. The fourth-order valence-corrected chi connectivity index (χ4v) is 7.36. The monoisotopic (exact) mass is 656 g/mol. The minimum Gasteiger partial charge on any atom is -0.437 e. The molecule has 0 fully saturated rings. The molecule has 0 N–H and O–H groups in total. The van der Waals surface area contributed by atoms with Crippen LogP contribution in [0.3, 0.4) is 0 Å². The van der Waals surface area contributed by atoms with E-state index in [0.717, 1.165) is 38.9 Å². The Morgan fingerprint density at radius 1 is 0.686 bits per heavy atom. The van der Waals surface area contributed by atoms with Gasteiger partial charge in [-0.1, -0.05) is 159 Å². The molecule has 7 aromatic rings. The van der Waals surface area contributed by atoms with E-state index in [-0.39, 0.29) is 0 Å². The molecular weight excluding hydrogens is 621 g/mol. The van der Waals surface area contributed by atoms with Gasteiger partial charge in [0.15, 0.2) is 5.58 Å². The van der Waals surface area contributed by atoms with Crippen molar-refractivity contribution in [1.82, 2.24) is 4.98 Å². The van der Waals surface area contributed by atoms with E-state index in [1.165, 1.54) is 22.3 Å². The van der Waals surface area contributed by atoms with Gasteiger partial charge in [0, 0.05) is 22.8 Å². The summed E-state index contributed by atoms with van der Waals surface area (Å²) in [5, 5.41) is 2.29. The van der Waals surface area contributed by atoms with Gasteiger partial charge < -0.3 is 9.32 Å². The van der Waals surface area contributed by atoms with Gasteiger partial charge in [0.1, 0.15) is 5.52 Å². The number of hydrogen-bond donors (Lipinski definition) is 0. The molecule has 0 aliphatic heterocycles. The van der Waals surface area contributed by atoms with Gasteiger partial charge in [0.2, 0.25) is 5.89 Å². The molecule has 3 heteroatoms. The first-order valence-electron chi connectivity index (χ1n) is 17.1. The van der Waals surface area contributed by atoms with Crippen LogP contribution in [-0.4, -0.2) is 4.98 Å². The standard InChI is InChI=1S/C48H36N2O/c1-3-5-6-13-29-47-49-44-34-41(30-31-46(44)51-47)50(45-28-18-21-35-19-14-16-26-42(35)45)40(4-2)33-39-32-36-20-15-17-27-43(36)48(39,37-22-9-7-10-23-37)38-24-11-8-12-25-38/h3-34H,1-2H2/b6-5-,29-13+,40-33+. The Labute approximate surface area is 298 Å². The van der Waals surface area contributed by atoms with Crippen LogP contribution in [0.15, 0.2) is 211 Å². The predicted octanol–water partition coefficient (Wildman–Crippen LogP) is 12.4. The first-order chi connectivity index (χ1) is 25.2. The molecule has 0 radical (unpaired) electrons. The maximum atomic E-state index is 6.09. The molecule has 6 aromatic carbocycles. The fraction of sp³-hybridized carbons (Fsp3) is 0.0208. The highest BCUT2D eigenvalue weighted by molar-refractivity contribution is 5.98. The molecule has 1 aliphatic carbocycles. The largest absolute Gasteiger partial charge is 0.437 e. The van der Waals surface area contributed by atoms with Crippen molar-refractivity contribution < 1.29 is 4.42 Å². The SMILES string of the molecule is C=C/C=C\C=C\c1nc2cc(N(/C(C=C)=C/C3=Cc4ccccc4C3(c3ccccc3)c3ccccc3)c3cccc4ccccc34)ccc2o1. The molecule has 0 atom stereocenters. The number of nitrogens with zero attached hydrogens (tertiary/aromatic N) is 2. The topological polar surface area (TPSA) is 29.3 Å². The molecule has 1 heterocycles. The average Bonchev–Trinajstić information content (AvgIpc) is 3.75. The highest BCUT2D eigenvalue weighted by Gasteiger charge is 2.44. The summed E-state index contributed by atoms with van der Waals surface area (Å²) in [5.41, 5.74) is 9.87. The lowest BCUT2D eigenvalue weighted by Crippen LogP contribution is -2.30. The summed E-state index contributed by atoms with van der Waals surface area (Å²) in [6, 6.07) is 51.5. The molecule has 0 bridgehead atoms. The quantitative estimate of drug-likeness (QED) is 0.137. The van der Waals surface area contributed by atoms with Crippen molar-refractivity contribution in [2.45, 2.75) is 5.41 Å². The van der Waals surface area contributed by atoms with Crippen LogP contribution in [-0.2, 0) is 5.41 Å². The second-order valence-electron chi connectivity index (χ2n) is 12.5. The van der Waals surface area contributed by atoms with Gasteiger partial charge >= 0.3 is 0 Å². The Kier molecular flexibility index (Phi) is 8.45. The molecule has 1 aromatic heterocycles. The van der Waals surface area contributed by atoms with Crippen LogP contribution in [0.5, 0.6) is 0 Å². The molecule has 0 unspecified atom stereocenters. The van der Waals surface area contributed by atoms with E-state index < -0.39 is 5.41 Å². The smallest absolute Gasteiger partial charge is 0.219 e. The molecule has 0 amide bonds. The Bertz CT molecular complexity index is 2470. The van der Waals surface area contributed by atoms with E-state index in [0.29, 0.717) is 11.5 Å². The zero-order valence-electron chi connectivity index (χ0n) is 28.2. The van der Waals surface area contributed by atoms with Gasteiger partial charge in [0.25, 0.3) is 0 Å². The second kappa shape index (κ2) is 13.7. The van der Waals surface area contributed by atoms with Crippen LogP contribution in [0.2, 0.25) is 0 Å². The molecule has 3 nitrogen and oxygen atoms in total. The number of hydrogen-bond acceptors (Lipinski definition) is 3. The maximum Gasteiger partial charge on any atom is 0.219 e. The number of allylic oxidation sites excluding steroid dienone is 7. The Morgan fingerprint density at radius 2 is 1.39 bits per heavy atom. The van der Waals surface area contributed by atoms with Gasteiger partial charge in [-0.05, 0) is 75.7 Å². The van der Waals surface area contributed by atoms with Gasteiger partial charge in [-0.2, -0.15) is 0 Å². The maximum absolute atomic E-state index is 6.09. The number of anilines is 2. The Hall–Kier alpha value is -6.71. The van der Waals surface area contributed by atoms with E-state index in [9.17, 15) is 0 Å². The summed E-state index contributed by atoms with van der Waals surface area (Å²) in [4.78, 5) is 7.12. The van der Waals surface area contributed by atoms with Crippen LogP contribution in [0, 0.1) is 0 Å². The van der Waals surface area contributed by atoms with Gasteiger partial charge in [-0.3, -0.25) is 0 Å². The van der Waals surface area contributed by atoms with E-state index in [2.05, 4.69) is 170 Å². The number of fused-ring (bicyclic) bond motifs is 3. The van der Waals surface area contributed by atoms with Crippen LogP contribution in [0.4, 0.5) is 11.4 Å². The minimum absolute atomic E-state index is 0.538. The highest BCUT2D eigenvalue weighted by Crippen LogP contribution is 2.52. The molecule has 0 saturated heterocycles. The second-order valence-corrected chi connectivity index (χ2v) is 12.5. The third-order valence-electron chi connectivity index (χ3n) is 9.54. The van der Waals surface area contributed by atoms with Crippen LogP contribution in [0.1, 0.15) is 28.1 Å². The molecule has 8 rings (SSSR count). The van der Waals surface area contributed by atoms with E-state index in [1.54, 1.807) is 6.08 Å². The van der Waals surface area contributed by atoms with Crippen molar-refractivity contribution in [2.75, 3.05) is 4.90 Å². The summed E-state index contributed by atoms with van der Waals surface area (Å²) in [6.07, 6.45) is 15.9. The van der Waals surface area contributed by atoms with E-state index in [4.69, 9.17) is 9.40 Å². The third kappa shape index (κ3) is 5.65. The lowest BCUT2D eigenvalue weighted by atomic mass is 9.67. The Morgan fingerprint density at radius 3 is 2.16 bits per heavy atom. The number of aromatic nitrogens is 1. The molecule has 0 saturated carbocycles. The molecular formula is C48H36N2O. The molecule has 244 valence electrons. The Balaban J connectivity index is 1.36. The lowest BCUT2D eigenvalue weighted by molar-refractivity contribution is 0.589. The number of oxazole rings is 1. The van der Waals surface area contributed by atoms with Crippen LogP contribution >= 0.6 is 0 Å². The van der Waals surface area contributed by atoms with Crippen molar-refractivity contribution in [2.24, 2.45) is 0 Å². The van der Waals surface area contributed by atoms with Crippen molar-refractivity contribution in [3.63, 3.8) is 0 Å². The average molecular weight is 657 g/mol. The fourth-order valence-electron chi connectivity index (χ4n) is 7.36. The van der Waals surface area contributed by atoms with E-state index >= 15 is 0 Å². The molecule has 51 heavy (non-hydrogen) atoms. The van der Waals surface area contributed by atoms with Crippen LogP contribution in [0.25, 0.3) is 34.0 Å². The minimum atomic E-state index is -0.546. The lowest BCUT2D eigenvalue weighted by Gasteiger charge is -2.36. The number of rotatable bonds is 10. The van der Waals surface area contributed by atoms with Crippen molar-refractivity contribution in [3.05, 3.63) is 235 Å². The molecule has 1 aliphatic rings. The van der Waals surface area contributed by atoms with Gasteiger partial charge in [-0.15, -0.1) is 0 Å². The third-order valence-corrected chi connectivity index (χ3v) is 9.54. The zero-order chi connectivity index (χ0) is 34.6. The van der Waals surface area contributed by atoms with Gasteiger partial charge in [-0.25, -0.2) is 4.98 Å². The van der Waals surface area contributed by atoms with Crippen molar-refractivity contribution in [3.8, 4) is 0 Å². The summed E-state index contributed by atoms with van der Waals surface area (Å²) in [7, 11) is 0. The summed E-state index contributed by atoms with van der Waals surface area (Å²) >= 11 is 0. The van der Waals surface area contributed by atoms with Crippen LogP contribution < -0.4 is 4.90 Å². The highest BCUT2D eigenvalue weighted by atomic mass is 16.3. The molecule has 0 spiro atoms. The van der Waals surface area contributed by atoms with Crippen molar-refractivity contribution in [1.29, 1.82) is 0 Å². The first kappa shape index (κ1) is 31.6.